The first-order chi connectivity index (χ1) is 9.93. The first-order valence-corrected chi connectivity index (χ1v) is 6.34. The maximum atomic E-state index is 9.10. The summed E-state index contributed by atoms with van der Waals surface area (Å²) in [7, 11) is 2.14. The van der Waals surface area contributed by atoms with Gasteiger partial charge in [-0.05, 0) is 25.2 Å². The molecule has 0 aromatic heterocycles. The summed E-state index contributed by atoms with van der Waals surface area (Å²) in [6.45, 7) is 4.28. The average Bonchev–Trinajstić information content (AvgIpc) is 2.48. The van der Waals surface area contributed by atoms with E-state index in [0.29, 0.717) is 0 Å². The van der Waals surface area contributed by atoms with Crippen LogP contribution in [0.4, 0.5) is 5.69 Å². The van der Waals surface area contributed by atoms with E-state index in [1.54, 1.807) is 0 Å². The minimum Gasteiger partial charge on any atom is -0.473 e. The second kappa shape index (κ2) is 7.87. The second-order valence-corrected chi connectivity index (χ2v) is 4.56. The zero-order chi connectivity index (χ0) is 15.8. The summed E-state index contributed by atoms with van der Waals surface area (Å²) in [5.74, 6) is -3.65. The number of nitriles is 1. The van der Waals surface area contributed by atoms with Gasteiger partial charge in [0.05, 0.1) is 11.6 Å². The van der Waals surface area contributed by atoms with Crippen LogP contribution in [-0.4, -0.2) is 60.3 Å². The fraction of sp³-hybridized carbons (Fsp3) is 0.357. The number of likely N-dealkylation sites (N-methyl/N-ethyl adjacent to an activating group) is 1. The molecule has 1 fully saturated rings. The number of anilines is 1. The molecule has 1 aliphatic rings. The summed E-state index contributed by atoms with van der Waals surface area (Å²) in [6.07, 6.45) is 0. The fourth-order valence-electron chi connectivity index (χ4n) is 1.84. The molecular formula is C14H17N3O4. The molecule has 7 nitrogen and oxygen atoms in total. The third kappa shape index (κ3) is 5.50. The van der Waals surface area contributed by atoms with Gasteiger partial charge in [0.2, 0.25) is 0 Å². The molecule has 0 amide bonds. The SMILES string of the molecule is CN1CCN(c2cccc(C#N)c2)CC1.O=C(O)C(=O)O. The van der Waals surface area contributed by atoms with Gasteiger partial charge in [-0.15, -0.1) is 0 Å². The average molecular weight is 291 g/mol. The number of hydrogen-bond acceptors (Lipinski definition) is 5. The van der Waals surface area contributed by atoms with E-state index < -0.39 is 11.9 Å². The van der Waals surface area contributed by atoms with Crippen LogP contribution in [0.1, 0.15) is 5.56 Å². The van der Waals surface area contributed by atoms with E-state index in [1.807, 2.05) is 18.2 Å². The van der Waals surface area contributed by atoms with Gasteiger partial charge in [0, 0.05) is 31.9 Å². The van der Waals surface area contributed by atoms with Crippen LogP contribution in [0, 0.1) is 11.3 Å². The Balaban J connectivity index is 0.000000315. The van der Waals surface area contributed by atoms with Crippen LogP contribution in [0.2, 0.25) is 0 Å². The summed E-state index contributed by atoms with van der Waals surface area (Å²) in [4.78, 5) is 22.9. The predicted molar refractivity (Wildman–Crippen MR) is 76.1 cm³/mol. The summed E-state index contributed by atoms with van der Waals surface area (Å²) in [5, 5.41) is 23.6. The molecule has 1 aromatic rings. The molecule has 7 heteroatoms. The minimum absolute atomic E-state index is 0.742. The summed E-state index contributed by atoms with van der Waals surface area (Å²) in [6, 6.07) is 10.0. The molecule has 0 unspecified atom stereocenters. The number of aliphatic carboxylic acids is 2. The standard InChI is InChI=1S/C12H15N3.C2H2O4/c1-14-5-7-15(8-6-14)12-4-2-3-11(9-12)10-13;3-1(4)2(5)6/h2-4,9H,5-8H2,1H3;(H,3,4)(H,5,6). The lowest BCUT2D eigenvalue weighted by Gasteiger charge is -2.34. The van der Waals surface area contributed by atoms with E-state index in [9.17, 15) is 0 Å². The van der Waals surface area contributed by atoms with E-state index in [-0.39, 0.29) is 0 Å². The number of piperazine rings is 1. The number of nitrogens with zero attached hydrogens (tertiary/aromatic N) is 3. The van der Waals surface area contributed by atoms with Crippen molar-refractivity contribution in [2.45, 2.75) is 0 Å². The highest BCUT2D eigenvalue weighted by molar-refractivity contribution is 6.27. The van der Waals surface area contributed by atoms with Crippen molar-refractivity contribution in [2.24, 2.45) is 0 Å². The van der Waals surface area contributed by atoms with Crippen LogP contribution in [-0.2, 0) is 9.59 Å². The van der Waals surface area contributed by atoms with Gasteiger partial charge < -0.3 is 20.0 Å². The van der Waals surface area contributed by atoms with Crippen LogP contribution in [0.5, 0.6) is 0 Å². The molecule has 0 aliphatic carbocycles. The number of rotatable bonds is 1. The Morgan fingerprint density at radius 2 is 1.71 bits per heavy atom. The van der Waals surface area contributed by atoms with Crippen LogP contribution >= 0.6 is 0 Å². The van der Waals surface area contributed by atoms with Crippen molar-refractivity contribution >= 4 is 17.6 Å². The summed E-state index contributed by atoms with van der Waals surface area (Å²) in [5.41, 5.74) is 1.91. The molecule has 21 heavy (non-hydrogen) atoms. The molecule has 1 aromatic carbocycles. The molecule has 0 radical (unpaired) electrons. The van der Waals surface area contributed by atoms with Crippen LogP contribution in [0.15, 0.2) is 24.3 Å². The molecule has 0 saturated carbocycles. The first kappa shape index (κ1) is 16.5. The van der Waals surface area contributed by atoms with Crippen LogP contribution < -0.4 is 4.90 Å². The normalized spacial score (nSPS) is 14.6. The summed E-state index contributed by atoms with van der Waals surface area (Å²) < 4.78 is 0. The first-order valence-electron chi connectivity index (χ1n) is 6.34. The molecule has 2 N–H and O–H groups in total. The van der Waals surface area contributed by atoms with Crippen molar-refractivity contribution in [3.8, 4) is 6.07 Å². The number of benzene rings is 1. The molecule has 1 heterocycles. The van der Waals surface area contributed by atoms with Gasteiger partial charge in [0.25, 0.3) is 0 Å². The molecule has 2 rings (SSSR count). The zero-order valence-electron chi connectivity index (χ0n) is 11.7. The fourth-order valence-corrected chi connectivity index (χ4v) is 1.84. The summed E-state index contributed by atoms with van der Waals surface area (Å²) >= 11 is 0. The third-order valence-electron chi connectivity index (χ3n) is 3.03. The monoisotopic (exact) mass is 291 g/mol. The highest BCUT2D eigenvalue weighted by atomic mass is 16.4. The van der Waals surface area contributed by atoms with Gasteiger partial charge in [-0.3, -0.25) is 0 Å². The van der Waals surface area contributed by atoms with Gasteiger partial charge in [0.1, 0.15) is 0 Å². The Kier molecular flexibility index (Phi) is 6.17. The van der Waals surface area contributed by atoms with E-state index in [1.165, 1.54) is 5.69 Å². The van der Waals surface area contributed by atoms with Crippen molar-refractivity contribution in [1.29, 1.82) is 5.26 Å². The lowest BCUT2D eigenvalue weighted by Crippen LogP contribution is -2.44. The van der Waals surface area contributed by atoms with E-state index in [2.05, 4.69) is 29.0 Å². The van der Waals surface area contributed by atoms with Gasteiger partial charge in [-0.1, -0.05) is 6.07 Å². The molecule has 0 bridgehead atoms. The topological polar surface area (TPSA) is 105 Å². The van der Waals surface area contributed by atoms with Crippen molar-refractivity contribution < 1.29 is 19.8 Å². The van der Waals surface area contributed by atoms with Crippen molar-refractivity contribution in [2.75, 3.05) is 38.1 Å². The van der Waals surface area contributed by atoms with Gasteiger partial charge in [-0.25, -0.2) is 9.59 Å². The highest BCUT2D eigenvalue weighted by Gasteiger charge is 2.14. The quantitative estimate of drug-likeness (QED) is 0.724. The number of carboxylic acids is 2. The largest absolute Gasteiger partial charge is 0.473 e. The Morgan fingerprint density at radius 1 is 1.14 bits per heavy atom. The lowest BCUT2D eigenvalue weighted by molar-refractivity contribution is -0.159. The third-order valence-corrected chi connectivity index (χ3v) is 3.03. The predicted octanol–water partition coefficient (Wildman–Crippen LogP) is 0.466. The van der Waals surface area contributed by atoms with Crippen molar-refractivity contribution in [1.82, 2.24) is 4.90 Å². The Labute approximate surface area is 122 Å². The Morgan fingerprint density at radius 3 is 2.19 bits per heavy atom. The van der Waals surface area contributed by atoms with E-state index in [4.69, 9.17) is 25.1 Å². The van der Waals surface area contributed by atoms with Gasteiger partial charge >= 0.3 is 11.9 Å². The van der Waals surface area contributed by atoms with Gasteiger partial charge in [-0.2, -0.15) is 5.26 Å². The Hall–Kier alpha value is -2.59. The van der Waals surface area contributed by atoms with Gasteiger partial charge in [0.15, 0.2) is 0 Å². The smallest absolute Gasteiger partial charge is 0.414 e. The molecule has 1 saturated heterocycles. The molecule has 1 aliphatic heterocycles. The van der Waals surface area contributed by atoms with E-state index in [0.717, 1.165) is 31.7 Å². The maximum absolute atomic E-state index is 9.10. The van der Waals surface area contributed by atoms with Crippen molar-refractivity contribution in [3.05, 3.63) is 29.8 Å². The second-order valence-electron chi connectivity index (χ2n) is 4.56. The number of carbonyl (C=O) groups is 2. The zero-order valence-corrected chi connectivity index (χ0v) is 11.7. The maximum Gasteiger partial charge on any atom is 0.414 e. The highest BCUT2D eigenvalue weighted by Crippen LogP contribution is 2.17. The molecule has 112 valence electrons. The molecular weight excluding hydrogens is 274 g/mol. The number of hydrogen-bond donors (Lipinski definition) is 2. The Bertz CT molecular complexity index is 533. The minimum atomic E-state index is -1.82. The van der Waals surface area contributed by atoms with Crippen LogP contribution in [0.3, 0.4) is 0 Å². The van der Waals surface area contributed by atoms with E-state index >= 15 is 0 Å². The number of carboxylic acid groups (broad SMARTS) is 2. The molecule has 0 atom stereocenters. The van der Waals surface area contributed by atoms with Crippen molar-refractivity contribution in [3.63, 3.8) is 0 Å². The molecule has 0 spiro atoms. The van der Waals surface area contributed by atoms with Crippen LogP contribution in [0.25, 0.3) is 0 Å². The lowest BCUT2D eigenvalue weighted by atomic mass is 10.2.